The number of allylic oxidation sites excluding steroid dienone is 2. The molecule has 1 rings (SSSR count). The van der Waals surface area contributed by atoms with Gasteiger partial charge < -0.3 is 0 Å². The normalized spacial score (nSPS) is 19.3. The lowest BCUT2D eigenvalue weighted by Gasteiger charge is -2.20. The van der Waals surface area contributed by atoms with Crippen molar-refractivity contribution in [2.45, 2.75) is 91.9 Å². The lowest BCUT2D eigenvalue weighted by Crippen LogP contribution is -2.05. The highest BCUT2D eigenvalue weighted by atomic mass is 32.2. The minimum atomic E-state index is -3.12. The van der Waals surface area contributed by atoms with Crippen molar-refractivity contribution in [1.82, 2.24) is 0 Å². The van der Waals surface area contributed by atoms with Crippen LogP contribution in [0.3, 0.4) is 0 Å². The van der Waals surface area contributed by atoms with Crippen LogP contribution in [-0.4, -0.2) is 8.42 Å². The molecule has 0 saturated heterocycles. The van der Waals surface area contributed by atoms with E-state index in [2.05, 4.69) is 27.7 Å². The third-order valence-electron chi connectivity index (χ3n) is 5.13. The van der Waals surface area contributed by atoms with E-state index in [1.807, 2.05) is 0 Å². The minimum Gasteiger partial charge on any atom is -0.220 e. The molecule has 0 radical (unpaired) electrons. The van der Waals surface area contributed by atoms with Crippen LogP contribution in [0.15, 0.2) is 22.0 Å². The van der Waals surface area contributed by atoms with E-state index >= 15 is 0 Å². The molecule has 0 spiro atoms. The first-order valence-electron chi connectivity index (χ1n) is 9.62. The van der Waals surface area contributed by atoms with Gasteiger partial charge in [-0.25, -0.2) is 8.42 Å². The van der Waals surface area contributed by atoms with Gasteiger partial charge in [0.25, 0.3) is 0 Å². The van der Waals surface area contributed by atoms with Gasteiger partial charge in [0.05, 0.1) is 0 Å². The fraction of sp³-hybridized carbons (Fsp3) is 0.800. The summed E-state index contributed by atoms with van der Waals surface area (Å²) in [6.45, 7) is 8.89. The summed E-state index contributed by atoms with van der Waals surface area (Å²) in [5.74, 6) is 1.24. The maximum absolute atomic E-state index is 12.1. The summed E-state index contributed by atoms with van der Waals surface area (Å²) in [7, 11) is -3.12. The lowest BCUT2D eigenvalue weighted by atomic mass is 9.85. The zero-order valence-corrected chi connectivity index (χ0v) is 16.4. The highest BCUT2D eigenvalue weighted by Crippen LogP contribution is 2.35. The van der Waals surface area contributed by atoms with Gasteiger partial charge in [0.2, 0.25) is 0 Å². The van der Waals surface area contributed by atoms with Crippen LogP contribution >= 0.6 is 0 Å². The van der Waals surface area contributed by atoms with E-state index in [1.165, 1.54) is 38.5 Å². The second kappa shape index (κ2) is 10.3. The third-order valence-corrected chi connectivity index (χ3v) is 6.36. The molecule has 0 bridgehead atoms. The van der Waals surface area contributed by atoms with Crippen LogP contribution in [0.4, 0.5) is 0 Å². The number of hydrogen-bond donors (Lipinski definition) is 0. The molecule has 0 aromatic rings. The van der Waals surface area contributed by atoms with Crippen LogP contribution in [0, 0.1) is 11.8 Å². The average Bonchev–Trinajstić information content (AvgIpc) is 2.81. The van der Waals surface area contributed by atoms with Crippen LogP contribution in [0.1, 0.15) is 91.9 Å². The smallest absolute Gasteiger partial charge is 0.193 e. The first kappa shape index (κ1) is 20.5. The van der Waals surface area contributed by atoms with Gasteiger partial charge in [-0.1, -0.05) is 79.1 Å². The third kappa shape index (κ3) is 7.24. The summed E-state index contributed by atoms with van der Waals surface area (Å²) in [4.78, 5) is 0. The second-order valence-corrected chi connectivity index (χ2v) is 8.77. The molecule has 1 aliphatic heterocycles. The van der Waals surface area contributed by atoms with Crippen LogP contribution in [0.5, 0.6) is 0 Å². The molecule has 0 fully saturated rings. The Morgan fingerprint density at radius 2 is 1.17 bits per heavy atom. The quantitative estimate of drug-likeness (QED) is 0.412. The molecule has 0 amide bonds. The Balaban J connectivity index is 2.78. The van der Waals surface area contributed by atoms with Gasteiger partial charge in [-0.2, -0.15) is 0 Å². The van der Waals surface area contributed by atoms with Crippen molar-refractivity contribution >= 4 is 9.84 Å². The molecule has 2 nitrogen and oxygen atoms in total. The Morgan fingerprint density at radius 3 is 1.48 bits per heavy atom. The Bertz CT molecular complexity index is 460. The van der Waals surface area contributed by atoms with E-state index in [-0.39, 0.29) is 0 Å². The van der Waals surface area contributed by atoms with Crippen molar-refractivity contribution in [2.75, 3.05) is 0 Å². The van der Waals surface area contributed by atoms with Gasteiger partial charge in [0.1, 0.15) is 0 Å². The van der Waals surface area contributed by atoms with Gasteiger partial charge in [-0.05, 0) is 35.8 Å². The van der Waals surface area contributed by atoms with Crippen molar-refractivity contribution in [3.8, 4) is 0 Å². The monoisotopic (exact) mass is 340 g/mol. The van der Waals surface area contributed by atoms with E-state index in [9.17, 15) is 8.42 Å². The Morgan fingerprint density at radius 1 is 0.783 bits per heavy atom. The van der Waals surface area contributed by atoms with Crippen molar-refractivity contribution in [1.29, 1.82) is 0 Å². The van der Waals surface area contributed by atoms with Crippen LogP contribution in [0.2, 0.25) is 0 Å². The van der Waals surface area contributed by atoms with Crippen molar-refractivity contribution in [2.24, 2.45) is 11.8 Å². The van der Waals surface area contributed by atoms with Crippen LogP contribution in [0.25, 0.3) is 0 Å². The molecule has 0 aromatic heterocycles. The molecule has 1 aliphatic rings. The van der Waals surface area contributed by atoms with Gasteiger partial charge in [0, 0.05) is 10.8 Å². The second-order valence-electron chi connectivity index (χ2n) is 7.12. The average molecular weight is 341 g/mol. The highest BCUT2D eigenvalue weighted by Gasteiger charge is 2.24. The SMILES string of the molecule is CCCC[C@@H](CC)CC1=CS(=O)(=O)C=C1C[C@@H](CC)CCCC. The predicted octanol–water partition coefficient (Wildman–Crippen LogP) is 6.40. The summed E-state index contributed by atoms with van der Waals surface area (Å²) in [5.41, 5.74) is 2.20. The van der Waals surface area contributed by atoms with Gasteiger partial charge >= 0.3 is 0 Å². The first-order chi connectivity index (χ1) is 11.0. The number of hydrogen-bond acceptors (Lipinski definition) is 2. The number of rotatable bonds is 12. The summed E-state index contributed by atoms with van der Waals surface area (Å²) in [6.07, 6.45) is 11.5. The largest absolute Gasteiger partial charge is 0.220 e. The van der Waals surface area contributed by atoms with Crippen LogP contribution < -0.4 is 0 Å². The zero-order chi connectivity index (χ0) is 17.3. The molecule has 0 unspecified atom stereocenters. The topological polar surface area (TPSA) is 34.1 Å². The molecule has 0 saturated carbocycles. The maximum Gasteiger partial charge on any atom is 0.193 e. The van der Waals surface area contributed by atoms with E-state index in [0.717, 1.165) is 36.8 Å². The van der Waals surface area contributed by atoms with Crippen LogP contribution in [-0.2, 0) is 9.84 Å². The van der Waals surface area contributed by atoms with E-state index in [1.54, 1.807) is 10.8 Å². The number of sulfone groups is 1. The van der Waals surface area contributed by atoms with Crippen molar-refractivity contribution in [3.63, 3.8) is 0 Å². The van der Waals surface area contributed by atoms with Gasteiger partial charge in [-0.3, -0.25) is 0 Å². The van der Waals surface area contributed by atoms with E-state index < -0.39 is 9.84 Å². The molecule has 2 atom stereocenters. The molecule has 0 N–H and O–H groups in total. The lowest BCUT2D eigenvalue weighted by molar-refractivity contribution is 0.433. The highest BCUT2D eigenvalue weighted by molar-refractivity contribution is 7.97. The van der Waals surface area contributed by atoms with E-state index in [0.29, 0.717) is 11.8 Å². The van der Waals surface area contributed by atoms with Crippen molar-refractivity contribution < 1.29 is 8.42 Å². The molecular weight excluding hydrogens is 304 g/mol. The van der Waals surface area contributed by atoms with Gasteiger partial charge in [0.15, 0.2) is 9.84 Å². The Kier molecular flexibility index (Phi) is 9.19. The molecule has 23 heavy (non-hydrogen) atoms. The summed E-state index contributed by atoms with van der Waals surface area (Å²) in [5, 5.41) is 3.09. The number of unbranched alkanes of at least 4 members (excludes halogenated alkanes) is 2. The zero-order valence-electron chi connectivity index (χ0n) is 15.6. The summed E-state index contributed by atoms with van der Waals surface area (Å²) < 4.78 is 24.1. The molecule has 1 heterocycles. The Labute approximate surface area is 144 Å². The summed E-state index contributed by atoms with van der Waals surface area (Å²) >= 11 is 0. The molecule has 0 aromatic carbocycles. The first-order valence-corrected chi connectivity index (χ1v) is 11.2. The predicted molar refractivity (Wildman–Crippen MR) is 101 cm³/mol. The summed E-state index contributed by atoms with van der Waals surface area (Å²) in [6, 6.07) is 0. The Hall–Kier alpha value is -0.570. The molecular formula is C20H36O2S. The van der Waals surface area contributed by atoms with Crippen molar-refractivity contribution in [3.05, 3.63) is 22.0 Å². The minimum absolute atomic E-state index is 0.619. The fourth-order valence-electron chi connectivity index (χ4n) is 3.45. The maximum atomic E-state index is 12.1. The molecule has 3 heteroatoms. The standard InChI is InChI=1S/C20H36O2S/c1-5-9-11-17(7-3)13-19-15-23(21,22)16-20(19)14-18(8-4)12-10-6-2/h15-18H,5-14H2,1-4H3/t17-,18+. The molecule has 0 aliphatic carbocycles. The molecule has 134 valence electrons. The van der Waals surface area contributed by atoms with Gasteiger partial charge in [-0.15, -0.1) is 0 Å². The van der Waals surface area contributed by atoms with E-state index in [4.69, 9.17) is 0 Å². The fourth-order valence-corrected chi connectivity index (χ4v) is 4.81.